The second-order valence-corrected chi connectivity index (χ2v) is 9.18. The molecule has 2 heterocycles. The van der Waals surface area contributed by atoms with Crippen LogP contribution in [0.3, 0.4) is 0 Å². The van der Waals surface area contributed by atoms with Crippen LogP contribution in [0.1, 0.15) is 52.0 Å². The van der Waals surface area contributed by atoms with Crippen molar-refractivity contribution in [3.63, 3.8) is 0 Å². The van der Waals surface area contributed by atoms with Crippen LogP contribution in [-0.4, -0.2) is 66.9 Å². The highest BCUT2D eigenvalue weighted by Gasteiger charge is 2.37. The smallest absolute Gasteiger partial charge is 0.257 e. The molecule has 34 heavy (non-hydrogen) atoms. The summed E-state index contributed by atoms with van der Waals surface area (Å²) in [6, 6.07) is 14.0. The van der Waals surface area contributed by atoms with Gasteiger partial charge in [0.2, 0.25) is 5.91 Å². The first-order chi connectivity index (χ1) is 16.5. The van der Waals surface area contributed by atoms with Gasteiger partial charge in [-0.3, -0.25) is 14.4 Å². The number of nitrogens with one attached hydrogen (secondary N) is 1. The van der Waals surface area contributed by atoms with E-state index in [-0.39, 0.29) is 23.6 Å². The maximum atomic E-state index is 13.4. The minimum atomic E-state index is -0.588. The fraction of sp³-hybridized carbons (Fsp3) is 0.444. The zero-order valence-corrected chi connectivity index (χ0v) is 20.0. The van der Waals surface area contributed by atoms with E-state index in [1.165, 1.54) is 0 Å². The van der Waals surface area contributed by atoms with Crippen molar-refractivity contribution in [2.24, 2.45) is 5.92 Å². The second-order valence-electron chi connectivity index (χ2n) is 9.18. The van der Waals surface area contributed by atoms with Crippen molar-refractivity contribution in [1.29, 1.82) is 0 Å². The molecule has 2 fully saturated rings. The van der Waals surface area contributed by atoms with Crippen LogP contribution in [0.5, 0.6) is 5.75 Å². The minimum absolute atomic E-state index is 0.00647. The number of piperidine rings is 1. The number of amides is 3. The number of carbonyl (C=O) groups excluding carboxylic acids is 3. The van der Waals surface area contributed by atoms with Crippen LogP contribution in [0.4, 0.5) is 0 Å². The van der Waals surface area contributed by atoms with Crippen LogP contribution in [0.2, 0.25) is 0 Å². The molecule has 1 atom stereocenters. The van der Waals surface area contributed by atoms with E-state index in [9.17, 15) is 14.4 Å². The lowest BCUT2D eigenvalue weighted by atomic mass is 9.88. The quantitative estimate of drug-likeness (QED) is 0.713. The Bertz CT molecular complexity index is 1040. The summed E-state index contributed by atoms with van der Waals surface area (Å²) >= 11 is 0. The Balaban J connectivity index is 1.47. The minimum Gasteiger partial charge on any atom is -0.496 e. The molecule has 180 valence electrons. The number of nitrogens with zero attached hydrogens (tertiary/aromatic N) is 2. The molecule has 0 radical (unpaired) electrons. The van der Waals surface area contributed by atoms with Crippen LogP contribution in [0.15, 0.2) is 48.5 Å². The first kappa shape index (κ1) is 23.8. The van der Waals surface area contributed by atoms with Crippen LogP contribution in [0, 0.1) is 12.8 Å². The monoisotopic (exact) mass is 463 g/mol. The molecule has 2 saturated heterocycles. The summed E-state index contributed by atoms with van der Waals surface area (Å²) in [5.74, 6) is 0.231. The number of rotatable bonds is 6. The van der Waals surface area contributed by atoms with Crippen molar-refractivity contribution in [3.8, 4) is 5.75 Å². The fourth-order valence-electron chi connectivity index (χ4n) is 4.95. The van der Waals surface area contributed by atoms with E-state index >= 15 is 0 Å². The molecular formula is C27H33N3O4. The van der Waals surface area contributed by atoms with Crippen molar-refractivity contribution < 1.29 is 19.1 Å². The van der Waals surface area contributed by atoms with Gasteiger partial charge < -0.3 is 19.9 Å². The largest absolute Gasteiger partial charge is 0.496 e. The topological polar surface area (TPSA) is 79.0 Å². The Kier molecular flexibility index (Phi) is 7.50. The summed E-state index contributed by atoms with van der Waals surface area (Å²) in [6.07, 6.45) is 3.30. The highest BCUT2D eigenvalue weighted by molar-refractivity contribution is 5.98. The number of hydrogen-bond acceptors (Lipinski definition) is 4. The Morgan fingerprint density at radius 1 is 0.941 bits per heavy atom. The van der Waals surface area contributed by atoms with Crippen LogP contribution < -0.4 is 10.1 Å². The highest BCUT2D eigenvalue weighted by Crippen LogP contribution is 2.27. The van der Waals surface area contributed by atoms with Gasteiger partial charge in [0.25, 0.3) is 11.8 Å². The molecule has 2 aliphatic rings. The zero-order valence-electron chi connectivity index (χ0n) is 20.0. The van der Waals surface area contributed by atoms with E-state index in [2.05, 4.69) is 5.32 Å². The number of benzene rings is 2. The van der Waals surface area contributed by atoms with Crippen molar-refractivity contribution in [2.75, 3.05) is 33.3 Å². The molecule has 0 spiro atoms. The predicted octanol–water partition coefficient (Wildman–Crippen LogP) is 3.28. The number of aryl methyl sites for hydroxylation is 1. The number of methoxy groups -OCH3 is 1. The standard InChI is InChI=1S/C27H33N3O4/c1-19-8-7-9-21(18-19)25(31)28-24(27(33)29-14-5-6-15-29)20-12-16-30(17-13-20)26(32)22-10-3-4-11-23(22)34-2/h3-4,7-11,18,20,24H,5-6,12-17H2,1-2H3,(H,28,31)/t24-/m0/s1. The summed E-state index contributed by atoms with van der Waals surface area (Å²) in [5.41, 5.74) is 2.10. The van der Waals surface area contributed by atoms with E-state index in [0.717, 1.165) is 31.5 Å². The number of ether oxygens (including phenoxy) is 1. The molecule has 2 aromatic carbocycles. The van der Waals surface area contributed by atoms with Crippen molar-refractivity contribution in [3.05, 3.63) is 65.2 Å². The maximum absolute atomic E-state index is 13.4. The van der Waals surface area contributed by atoms with Crippen LogP contribution in [-0.2, 0) is 4.79 Å². The van der Waals surface area contributed by atoms with Gasteiger partial charge in [0, 0.05) is 31.7 Å². The van der Waals surface area contributed by atoms with Crippen LogP contribution >= 0.6 is 0 Å². The Labute approximate surface area is 201 Å². The summed E-state index contributed by atoms with van der Waals surface area (Å²) in [7, 11) is 1.56. The third-order valence-corrected chi connectivity index (χ3v) is 6.89. The number of para-hydroxylation sites is 1. The molecule has 4 rings (SSSR count). The second kappa shape index (κ2) is 10.7. The Morgan fingerprint density at radius 3 is 2.32 bits per heavy atom. The molecule has 0 unspecified atom stereocenters. The lowest BCUT2D eigenvalue weighted by Crippen LogP contribution is -2.54. The Hall–Kier alpha value is -3.35. The number of carbonyl (C=O) groups is 3. The molecule has 0 bridgehead atoms. The predicted molar refractivity (Wildman–Crippen MR) is 130 cm³/mol. The number of hydrogen-bond donors (Lipinski definition) is 1. The molecule has 0 saturated carbocycles. The first-order valence-electron chi connectivity index (χ1n) is 12.1. The Morgan fingerprint density at radius 2 is 1.65 bits per heavy atom. The summed E-state index contributed by atoms with van der Waals surface area (Å²) in [6.45, 7) is 4.48. The highest BCUT2D eigenvalue weighted by atomic mass is 16.5. The fourth-order valence-corrected chi connectivity index (χ4v) is 4.95. The van der Waals surface area contributed by atoms with Gasteiger partial charge in [0.15, 0.2) is 0 Å². The van der Waals surface area contributed by atoms with E-state index in [1.807, 2.05) is 47.1 Å². The molecule has 0 aliphatic carbocycles. The van der Waals surface area contributed by atoms with E-state index in [4.69, 9.17) is 4.74 Å². The van der Waals surface area contributed by atoms with Crippen molar-refractivity contribution >= 4 is 17.7 Å². The first-order valence-corrected chi connectivity index (χ1v) is 12.1. The van der Waals surface area contributed by atoms with Gasteiger partial charge in [-0.15, -0.1) is 0 Å². The zero-order chi connectivity index (χ0) is 24.1. The van der Waals surface area contributed by atoms with Gasteiger partial charge in [-0.2, -0.15) is 0 Å². The van der Waals surface area contributed by atoms with Crippen molar-refractivity contribution in [2.45, 2.75) is 38.6 Å². The van der Waals surface area contributed by atoms with Gasteiger partial charge in [-0.05, 0) is 62.8 Å². The SMILES string of the molecule is COc1ccccc1C(=O)N1CCC([C@H](NC(=O)c2cccc(C)c2)C(=O)N2CCCC2)CC1. The summed E-state index contributed by atoms with van der Waals surface area (Å²) in [5, 5.41) is 3.05. The van der Waals surface area contributed by atoms with Crippen molar-refractivity contribution in [1.82, 2.24) is 15.1 Å². The molecule has 0 aromatic heterocycles. The van der Waals surface area contributed by atoms with Gasteiger partial charge in [-0.25, -0.2) is 0 Å². The van der Waals surface area contributed by atoms with Gasteiger partial charge >= 0.3 is 0 Å². The average molecular weight is 464 g/mol. The lowest BCUT2D eigenvalue weighted by molar-refractivity contribution is -0.134. The molecule has 2 aliphatic heterocycles. The third-order valence-electron chi connectivity index (χ3n) is 6.89. The molecule has 7 heteroatoms. The summed E-state index contributed by atoms with van der Waals surface area (Å²) in [4.78, 5) is 43.2. The van der Waals surface area contributed by atoms with Gasteiger partial charge in [0.05, 0.1) is 12.7 Å². The van der Waals surface area contributed by atoms with Gasteiger partial charge in [-0.1, -0.05) is 29.8 Å². The molecule has 2 aromatic rings. The lowest BCUT2D eigenvalue weighted by Gasteiger charge is -2.37. The average Bonchev–Trinajstić information content (AvgIpc) is 3.41. The molecule has 7 nitrogen and oxygen atoms in total. The van der Waals surface area contributed by atoms with Crippen LogP contribution in [0.25, 0.3) is 0 Å². The maximum Gasteiger partial charge on any atom is 0.257 e. The van der Waals surface area contributed by atoms with E-state index < -0.39 is 6.04 Å². The third kappa shape index (κ3) is 5.24. The summed E-state index contributed by atoms with van der Waals surface area (Å²) < 4.78 is 5.35. The number of likely N-dealkylation sites (tertiary alicyclic amines) is 2. The van der Waals surface area contributed by atoms with Gasteiger partial charge in [0.1, 0.15) is 11.8 Å². The molecule has 3 amide bonds. The molecular weight excluding hydrogens is 430 g/mol. The molecule has 1 N–H and O–H groups in total. The van der Waals surface area contributed by atoms with E-state index in [0.29, 0.717) is 42.8 Å². The normalized spacial score (nSPS) is 17.4. The van der Waals surface area contributed by atoms with E-state index in [1.54, 1.807) is 25.3 Å².